The first-order valence-electron chi connectivity index (χ1n) is 19.0. The zero-order chi connectivity index (χ0) is 36.0. The van der Waals surface area contributed by atoms with E-state index in [0.29, 0.717) is 0 Å². The molecule has 0 radical (unpaired) electrons. The van der Waals surface area contributed by atoms with Gasteiger partial charge in [-0.2, -0.15) is 0 Å². The van der Waals surface area contributed by atoms with Gasteiger partial charge in [0, 0.05) is 27.6 Å². The highest BCUT2D eigenvalue weighted by molar-refractivity contribution is 6.21. The standard InChI is InChI=1S/C51H39N3/c1-51(2)47-40-23-12-10-20-37(40)36-19-9-11-22-39(36)46(47)42-30-29-41-38-21-13-14-24-45(38)54(49(41)48(42)51)35-27-25-34(26-28-35)50-52-43(32-15-5-3-6-16-32)31-44(53-50)33-17-7-4-8-18-33/h3-31,43,50,52-53H,1-2H3. The normalized spacial score (nSPS) is 17.4. The number of hydrogen-bond acceptors (Lipinski definition) is 2. The van der Waals surface area contributed by atoms with Gasteiger partial charge in [-0.05, 0) is 84.8 Å². The Balaban J connectivity index is 1.09. The summed E-state index contributed by atoms with van der Waals surface area (Å²) < 4.78 is 2.52. The van der Waals surface area contributed by atoms with Crippen molar-refractivity contribution in [1.82, 2.24) is 15.2 Å². The van der Waals surface area contributed by atoms with Crippen LogP contribution in [0.3, 0.4) is 0 Å². The van der Waals surface area contributed by atoms with E-state index >= 15 is 0 Å². The molecule has 1 aliphatic heterocycles. The Morgan fingerprint density at radius 2 is 1.11 bits per heavy atom. The van der Waals surface area contributed by atoms with Crippen LogP contribution in [0, 0.1) is 0 Å². The third-order valence-corrected chi connectivity index (χ3v) is 12.0. The number of para-hydroxylation sites is 1. The molecule has 0 bridgehead atoms. The average Bonchev–Trinajstić information content (AvgIpc) is 3.70. The van der Waals surface area contributed by atoms with Gasteiger partial charge in [-0.25, -0.2) is 0 Å². The molecular formula is C51H39N3. The maximum absolute atomic E-state index is 3.89. The largest absolute Gasteiger partial charge is 0.366 e. The van der Waals surface area contributed by atoms with Gasteiger partial charge in [0.25, 0.3) is 0 Å². The van der Waals surface area contributed by atoms with Gasteiger partial charge >= 0.3 is 0 Å². The molecule has 2 heterocycles. The van der Waals surface area contributed by atoms with Crippen LogP contribution in [-0.2, 0) is 5.41 Å². The smallest absolute Gasteiger partial charge is 0.104 e. The lowest BCUT2D eigenvalue weighted by Gasteiger charge is -2.33. The number of nitrogens with one attached hydrogen (secondary N) is 2. The van der Waals surface area contributed by atoms with Gasteiger partial charge in [0.05, 0.1) is 17.1 Å². The van der Waals surface area contributed by atoms with Gasteiger partial charge in [-0.15, -0.1) is 0 Å². The fraction of sp³-hybridized carbons (Fsp3) is 0.0980. The SMILES string of the molecule is CC1(C)c2c(c3ccccc3c3ccccc23)-c2ccc3c4ccccc4n(-c4ccc(C5NC(c6ccccc6)=CC(c6ccccc6)N5)cc4)c3c21. The number of hydrogen-bond donors (Lipinski definition) is 2. The van der Waals surface area contributed by atoms with Crippen LogP contribution in [0.4, 0.5) is 0 Å². The van der Waals surface area contributed by atoms with Crippen LogP contribution in [0.2, 0.25) is 0 Å². The summed E-state index contributed by atoms with van der Waals surface area (Å²) in [7, 11) is 0. The van der Waals surface area contributed by atoms with Crippen molar-refractivity contribution in [2.75, 3.05) is 0 Å². The minimum atomic E-state index is -0.234. The lowest BCUT2D eigenvalue weighted by atomic mass is 9.78. The fourth-order valence-corrected chi connectivity index (χ4v) is 9.65. The van der Waals surface area contributed by atoms with Gasteiger partial charge in [0.15, 0.2) is 0 Å². The van der Waals surface area contributed by atoms with Crippen molar-refractivity contribution >= 4 is 49.0 Å². The molecule has 2 aliphatic rings. The second-order valence-electron chi connectivity index (χ2n) is 15.4. The molecule has 0 saturated heterocycles. The lowest BCUT2D eigenvalue weighted by Crippen LogP contribution is -2.39. The topological polar surface area (TPSA) is 29.0 Å². The second-order valence-corrected chi connectivity index (χ2v) is 15.4. The van der Waals surface area contributed by atoms with Crippen molar-refractivity contribution in [2.24, 2.45) is 0 Å². The van der Waals surface area contributed by atoms with E-state index in [1.807, 2.05) is 0 Å². The highest BCUT2D eigenvalue weighted by atomic mass is 15.2. The maximum atomic E-state index is 3.89. The maximum Gasteiger partial charge on any atom is 0.104 e. The molecule has 3 heteroatoms. The van der Waals surface area contributed by atoms with Crippen molar-refractivity contribution < 1.29 is 0 Å². The average molecular weight is 694 g/mol. The molecule has 0 spiro atoms. The fourth-order valence-electron chi connectivity index (χ4n) is 9.65. The lowest BCUT2D eigenvalue weighted by molar-refractivity contribution is 0.442. The predicted octanol–water partition coefficient (Wildman–Crippen LogP) is 12.4. The number of rotatable bonds is 4. The van der Waals surface area contributed by atoms with Crippen molar-refractivity contribution in [2.45, 2.75) is 31.5 Å². The Kier molecular flexibility index (Phi) is 6.80. The van der Waals surface area contributed by atoms with Crippen LogP contribution in [0.15, 0.2) is 176 Å². The molecule has 0 fully saturated rings. The van der Waals surface area contributed by atoms with E-state index in [9.17, 15) is 0 Å². The molecule has 9 aromatic rings. The van der Waals surface area contributed by atoms with E-state index in [0.717, 1.165) is 11.4 Å². The zero-order valence-electron chi connectivity index (χ0n) is 30.3. The van der Waals surface area contributed by atoms with Crippen LogP contribution in [0.1, 0.15) is 53.9 Å². The van der Waals surface area contributed by atoms with E-state index in [4.69, 9.17) is 0 Å². The van der Waals surface area contributed by atoms with Gasteiger partial charge in [0.2, 0.25) is 0 Å². The van der Waals surface area contributed by atoms with Crippen molar-refractivity contribution in [3.63, 3.8) is 0 Å². The summed E-state index contributed by atoms with van der Waals surface area (Å²) in [6.07, 6.45) is 2.24. The summed E-state index contributed by atoms with van der Waals surface area (Å²) in [6.45, 7) is 4.87. The molecule has 1 aromatic heterocycles. The highest BCUT2D eigenvalue weighted by Crippen LogP contribution is 2.57. The van der Waals surface area contributed by atoms with Gasteiger partial charge in [0.1, 0.15) is 6.17 Å². The monoisotopic (exact) mass is 693 g/mol. The predicted molar refractivity (Wildman–Crippen MR) is 226 cm³/mol. The molecule has 258 valence electrons. The zero-order valence-corrected chi connectivity index (χ0v) is 30.3. The van der Waals surface area contributed by atoms with E-state index in [1.165, 1.54) is 82.3 Å². The summed E-state index contributed by atoms with van der Waals surface area (Å²) in [5.41, 5.74) is 13.8. The minimum absolute atomic E-state index is 0.0677. The second kappa shape index (κ2) is 11.8. The van der Waals surface area contributed by atoms with Gasteiger partial charge in [-0.3, -0.25) is 5.32 Å². The Bertz CT molecular complexity index is 2950. The Labute approximate surface area is 315 Å². The van der Waals surface area contributed by atoms with Gasteiger partial charge < -0.3 is 9.88 Å². The molecule has 1 aliphatic carbocycles. The summed E-state index contributed by atoms with van der Waals surface area (Å²) >= 11 is 0. The molecular weight excluding hydrogens is 655 g/mol. The molecule has 54 heavy (non-hydrogen) atoms. The number of nitrogens with zero attached hydrogens (tertiary/aromatic N) is 1. The summed E-state index contributed by atoms with van der Waals surface area (Å²) in [5.74, 6) is 0. The van der Waals surface area contributed by atoms with E-state index in [-0.39, 0.29) is 17.6 Å². The summed E-state index contributed by atoms with van der Waals surface area (Å²) in [4.78, 5) is 0. The van der Waals surface area contributed by atoms with Crippen LogP contribution in [0.25, 0.3) is 65.9 Å². The summed E-state index contributed by atoms with van der Waals surface area (Å²) in [5, 5.41) is 15.6. The first-order valence-corrected chi connectivity index (χ1v) is 19.0. The van der Waals surface area contributed by atoms with Crippen LogP contribution in [-0.4, -0.2) is 4.57 Å². The molecule has 2 unspecified atom stereocenters. The van der Waals surface area contributed by atoms with Crippen molar-refractivity contribution in [3.05, 3.63) is 204 Å². The first kappa shape index (κ1) is 31.1. The quantitative estimate of drug-likeness (QED) is 0.180. The summed E-state index contributed by atoms with van der Waals surface area (Å²) in [6, 6.07) is 62.3. The molecule has 8 aromatic carbocycles. The Morgan fingerprint density at radius 3 is 1.85 bits per heavy atom. The number of aromatic nitrogens is 1. The molecule has 11 rings (SSSR count). The Morgan fingerprint density at radius 1 is 0.500 bits per heavy atom. The van der Waals surface area contributed by atoms with E-state index in [2.05, 4.69) is 205 Å². The van der Waals surface area contributed by atoms with Crippen molar-refractivity contribution in [3.8, 4) is 16.8 Å². The van der Waals surface area contributed by atoms with Gasteiger partial charge in [-0.1, -0.05) is 166 Å². The van der Waals surface area contributed by atoms with E-state index < -0.39 is 0 Å². The van der Waals surface area contributed by atoms with E-state index in [1.54, 1.807) is 0 Å². The highest BCUT2D eigenvalue weighted by Gasteiger charge is 2.41. The first-order chi connectivity index (χ1) is 26.6. The molecule has 0 amide bonds. The minimum Gasteiger partial charge on any atom is -0.366 e. The third kappa shape index (κ3) is 4.52. The van der Waals surface area contributed by atoms with Crippen LogP contribution < -0.4 is 10.6 Å². The van der Waals surface area contributed by atoms with Crippen molar-refractivity contribution in [1.29, 1.82) is 0 Å². The number of benzene rings is 8. The third-order valence-electron chi connectivity index (χ3n) is 12.0. The number of fused-ring (bicyclic) bond motifs is 12. The Hall–Kier alpha value is -6.42. The molecule has 3 nitrogen and oxygen atoms in total. The van der Waals surface area contributed by atoms with Crippen LogP contribution >= 0.6 is 0 Å². The molecule has 2 N–H and O–H groups in total. The van der Waals surface area contributed by atoms with Crippen LogP contribution in [0.5, 0.6) is 0 Å². The molecule has 2 atom stereocenters. The molecule has 0 saturated carbocycles.